The number of rotatable bonds is 7. The third kappa shape index (κ3) is 4.24. The van der Waals surface area contributed by atoms with Gasteiger partial charge >= 0.3 is 5.97 Å². The number of carboxylic acid groups (broad SMARTS) is 1. The fourth-order valence-corrected chi connectivity index (χ4v) is 1.60. The van der Waals surface area contributed by atoms with E-state index < -0.39 is 17.0 Å². The van der Waals surface area contributed by atoms with E-state index in [1.807, 2.05) is 6.92 Å². The number of hydrogen-bond acceptors (Lipinski definition) is 4. The van der Waals surface area contributed by atoms with Crippen LogP contribution in [0.3, 0.4) is 0 Å². The Balaban J connectivity index is 2.91. The summed E-state index contributed by atoms with van der Waals surface area (Å²) in [5.41, 5.74) is 0.563. The molecule has 1 aromatic carbocycles. The van der Waals surface area contributed by atoms with Gasteiger partial charge in [-0.1, -0.05) is 13.3 Å². The van der Waals surface area contributed by atoms with Crippen LogP contribution in [0.2, 0.25) is 0 Å². The molecule has 6 heteroatoms. The van der Waals surface area contributed by atoms with Gasteiger partial charge in [0, 0.05) is 6.07 Å². The highest BCUT2D eigenvalue weighted by molar-refractivity contribution is 5.72. The monoisotopic (exact) mass is 267 g/mol. The number of carbonyl (C=O) groups is 1. The van der Waals surface area contributed by atoms with E-state index in [9.17, 15) is 14.9 Å². The highest BCUT2D eigenvalue weighted by atomic mass is 16.6. The Morgan fingerprint density at radius 3 is 2.74 bits per heavy atom. The normalized spacial score (nSPS) is 11.9. The second-order valence-electron chi connectivity index (χ2n) is 4.29. The van der Waals surface area contributed by atoms with E-state index in [1.165, 1.54) is 12.1 Å². The molecule has 104 valence electrons. The topological polar surface area (TPSA) is 89.7 Å². The fraction of sp³-hybridized carbons (Fsp3) is 0.462. The number of nitro benzene ring substituents is 1. The van der Waals surface area contributed by atoms with Crippen LogP contribution in [0.5, 0.6) is 5.75 Å². The van der Waals surface area contributed by atoms with Crippen LogP contribution >= 0.6 is 0 Å². The van der Waals surface area contributed by atoms with E-state index in [1.54, 1.807) is 13.0 Å². The van der Waals surface area contributed by atoms with Crippen molar-refractivity contribution >= 4 is 11.7 Å². The van der Waals surface area contributed by atoms with Gasteiger partial charge in [-0.3, -0.25) is 10.1 Å². The van der Waals surface area contributed by atoms with Crippen LogP contribution in [0, 0.1) is 17.0 Å². The van der Waals surface area contributed by atoms with Crippen molar-refractivity contribution in [2.75, 3.05) is 0 Å². The molecule has 0 spiro atoms. The molecule has 0 aliphatic heterocycles. The molecule has 0 saturated carbocycles. The molecule has 0 saturated heterocycles. The molecule has 1 aromatic rings. The molecule has 19 heavy (non-hydrogen) atoms. The van der Waals surface area contributed by atoms with E-state index in [-0.39, 0.29) is 11.4 Å². The van der Waals surface area contributed by atoms with E-state index in [0.29, 0.717) is 12.0 Å². The Morgan fingerprint density at radius 2 is 2.21 bits per heavy atom. The molecule has 0 bridgehead atoms. The Bertz CT molecular complexity index is 472. The molecule has 0 fully saturated rings. The zero-order chi connectivity index (χ0) is 14.4. The summed E-state index contributed by atoms with van der Waals surface area (Å²) >= 11 is 0. The largest absolute Gasteiger partial charge is 0.479 e. The summed E-state index contributed by atoms with van der Waals surface area (Å²) in [4.78, 5) is 21.2. The van der Waals surface area contributed by atoms with Crippen molar-refractivity contribution in [2.24, 2.45) is 0 Å². The molecule has 1 atom stereocenters. The average molecular weight is 267 g/mol. The molecular formula is C13H17NO5. The molecule has 0 aliphatic rings. The quantitative estimate of drug-likeness (QED) is 0.606. The van der Waals surface area contributed by atoms with Gasteiger partial charge in [-0.2, -0.15) is 0 Å². The summed E-state index contributed by atoms with van der Waals surface area (Å²) in [6.45, 7) is 3.68. The number of hydrogen-bond donors (Lipinski definition) is 1. The van der Waals surface area contributed by atoms with Crippen molar-refractivity contribution < 1.29 is 19.6 Å². The first-order valence-electron chi connectivity index (χ1n) is 6.10. The lowest BCUT2D eigenvalue weighted by Crippen LogP contribution is -2.27. The minimum atomic E-state index is -1.06. The van der Waals surface area contributed by atoms with Crippen LogP contribution in [-0.2, 0) is 4.79 Å². The summed E-state index contributed by atoms with van der Waals surface area (Å²) in [5.74, 6) is -0.808. The number of aliphatic carboxylic acids is 1. The van der Waals surface area contributed by atoms with Gasteiger partial charge in [-0.15, -0.1) is 0 Å². The Hall–Kier alpha value is -2.11. The smallest absolute Gasteiger partial charge is 0.344 e. The van der Waals surface area contributed by atoms with Crippen molar-refractivity contribution in [3.05, 3.63) is 33.9 Å². The highest BCUT2D eigenvalue weighted by Crippen LogP contribution is 2.25. The lowest BCUT2D eigenvalue weighted by molar-refractivity contribution is -0.385. The Kier molecular flexibility index (Phi) is 5.29. The lowest BCUT2D eigenvalue weighted by atomic mass is 10.1. The molecular weight excluding hydrogens is 250 g/mol. The lowest BCUT2D eigenvalue weighted by Gasteiger charge is -2.16. The zero-order valence-electron chi connectivity index (χ0n) is 11.0. The third-order valence-electron chi connectivity index (χ3n) is 2.75. The van der Waals surface area contributed by atoms with Crippen molar-refractivity contribution in [1.29, 1.82) is 0 Å². The maximum Gasteiger partial charge on any atom is 0.344 e. The summed E-state index contributed by atoms with van der Waals surface area (Å²) < 4.78 is 5.40. The van der Waals surface area contributed by atoms with Gasteiger partial charge in [-0.05, 0) is 31.4 Å². The second-order valence-corrected chi connectivity index (χ2v) is 4.29. The number of aryl methyl sites for hydroxylation is 1. The molecule has 0 aromatic heterocycles. The van der Waals surface area contributed by atoms with Gasteiger partial charge in [-0.25, -0.2) is 4.79 Å². The minimum Gasteiger partial charge on any atom is -0.479 e. The van der Waals surface area contributed by atoms with Crippen molar-refractivity contribution in [3.8, 4) is 5.75 Å². The van der Waals surface area contributed by atoms with Gasteiger partial charge in [0.15, 0.2) is 6.10 Å². The molecule has 0 aliphatic carbocycles. The summed E-state index contributed by atoms with van der Waals surface area (Å²) in [6, 6.07) is 4.17. The van der Waals surface area contributed by atoms with Crippen LogP contribution in [0.15, 0.2) is 18.2 Å². The van der Waals surface area contributed by atoms with Crippen LogP contribution in [-0.4, -0.2) is 22.1 Å². The first-order chi connectivity index (χ1) is 8.95. The molecule has 0 radical (unpaired) electrons. The number of ether oxygens (including phenoxy) is 1. The number of benzene rings is 1. The predicted molar refractivity (Wildman–Crippen MR) is 69.4 cm³/mol. The minimum absolute atomic E-state index is 0.111. The standard InChI is InChI=1S/C13H17NO5/c1-3-4-5-11(13(15)16)19-12-8-10(14(17)18)7-6-9(12)2/h6-8,11H,3-5H2,1-2H3,(H,15,16). The average Bonchev–Trinajstić information content (AvgIpc) is 2.35. The van der Waals surface area contributed by atoms with Crippen molar-refractivity contribution in [2.45, 2.75) is 39.2 Å². The fourth-order valence-electron chi connectivity index (χ4n) is 1.60. The summed E-state index contributed by atoms with van der Waals surface area (Å²) in [7, 11) is 0. The molecule has 1 N–H and O–H groups in total. The summed E-state index contributed by atoms with van der Waals surface area (Å²) in [6.07, 6.45) is 1.00. The van der Waals surface area contributed by atoms with Crippen LogP contribution in [0.4, 0.5) is 5.69 Å². The van der Waals surface area contributed by atoms with Crippen LogP contribution < -0.4 is 4.74 Å². The third-order valence-corrected chi connectivity index (χ3v) is 2.75. The number of nitrogens with zero attached hydrogens (tertiary/aromatic N) is 1. The van der Waals surface area contributed by atoms with Gasteiger partial charge in [0.05, 0.1) is 11.0 Å². The molecule has 6 nitrogen and oxygen atoms in total. The first-order valence-corrected chi connectivity index (χ1v) is 6.10. The van der Waals surface area contributed by atoms with Gasteiger partial charge in [0.1, 0.15) is 5.75 Å². The van der Waals surface area contributed by atoms with Crippen molar-refractivity contribution in [3.63, 3.8) is 0 Å². The van der Waals surface area contributed by atoms with E-state index in [2.05, 4.69) is 0 Å². The van der Waals surface area contributed by atoms with E-state index in [0.717, 1.165) is 12.8 Å². The highest BCUT2D eigenvalue weighted by Gasteiger charge is 2.20. The maximum absolute atomic E-state index is 11.1. The van der Waals surface area contributed by atoms with Crippen LogP contribution in [0.25, 0.3) is 0 Å². The number of non-ortho nitro benzene ring substituents is 1. The Labute approximate surface area is 111 Å². The van der Waals surface area contributed by atoms with Gasteiger partial charge in [0.2, 0.25) is 0 Å². The molecule has 1 rings (SSSR count). The Morgan fingerprint density at radius 1 is 1.53 bits per heavy atom. The SMILES string of the molecule is CCCCC(Oc1cc([N+](=O)[O-])ccc1C)C(=O)O. The first kappa shape index (κ1) is 14.9. The molecule has 0 amide bonds. The molecule has 1 unspecified atom stereocenters. The predicted octanol–water partition coefficient (Wildman–Crippen LogP) is 2.93. The van der Waals surface area contributed by atoms with Gasteiger partial charge < -0.3 is 9.84 Å². The number of nitro groups is 1. The van der Waals surface area contributed by atoms with Crippen LogP contribution in [0.1, 0.15) is 31.7 Å². The van der Waals surface area contributed by atoms with Crippen molar-refractivity contribution in [1.82, 2.24) is 0 Å². The summed E-state index contributed by atoms with van der Waals surface area (Å²) in [5, 5.41) is 19.8. The molecule has 0 heterocycles. The number of unbranched alkanes of at least 4 members (excludes halogenated alkanes) is 1. The maximum atomic E-state index is 11.1. The second kappa shape index (κ2) is 6.72. The number of carboxylic acids is 1. The van der Waals surface area contributed by atoms with E-state index >= 15 is 0 Å². The zero-order valence-corrected chi connectivity index (χ0v) is 11.0. The van der Waals surface area contributed by atoms with Gasteiger partial charge in [0.25, 0.3) is 5.69 Å². The van der Waals surface area contributed by atoms with E-state index in [4.69, 9.17) is 9.84 Å².